The number of hydrogen-bond acceptors (Lipinski definition) is 1. The Morgan fingerprint density at radius 1 is 0.700 bits per heavy atom. The summed E-state index contributed by atoms with van der Waals surface area (Å²) in [6.45, 7) is 0. The standard InChI is InChI=1S/C26H22Cl2N2/c27-22-15-9-17-24(26(22)28)30(20-12-5-2-6-13-20)25-18-29(19-10-3-1-4-11-19)23-16-8-7-14-21(23)25/h1-6,9-13,15,17-18H,7-8,14,16H2. The van der Waals surface area contributed by atoms with Crippen molar-refractivity contribution in [3.05, 3.63) is 106 Å². The number of nitrogens with zero attached hydrogens (tertiary/aromatic N) is 2. The zero-order valence-electron chi connectivity index (χ0n) is 16.6. The van der Waals surface area contributed by atoms with Gasteiger partial charge in [0.15, 0.2) is 0 Å². The Morgan fingerprint density at radius 2 is 1.40 bits per heavy atom. The molecule has 0 radical (unpaired) electrons. The molecule has 0 aliphatic heterocycles. The van der Waals surface area contributed by atoms with Gasteiger partial charge in [0.1, 0.15) is 0 Å². The van der Waals surface area contributed by atoms with Gasteiger partial charge in [0.2, 0.25) is 0 Å². The topological polar surface area (TPSA) is 8.17 Å². The maximum Gasteiger partial charge on any atom is 0.0832 e. The van der Waals surface area contributed by atoms with Crippen LogP contribution in [0, 0.1) is 0 Å². The molecular weight excluding hydrogens is 411 g/mol. The molecule has 0 atom stereocenters. The van der Waals surface area contributed by atoms with E-state index < -0.39 is 0 Å². The molecule has 1 aromatic heterocycles. The van der Waals surface area contributed by atoms with Crippen LogP contribution >= 0.6 is 23.2 Å². The largest absolute Gasteiger partial charge is 0.318 e. The Hall–Kier alpha value is -2.68. The second-order valence-electron chi connectivity index (χ2n) is 7.60. The molecule has 4 heteroatoms. The van der Waals surface area contributed by atoms with E-state index in [1.807, 2.05) is 24.3 Å². The minimum Gasteiger partial charge on any atom is -0.318 e. The van der Waals surface area contributed by atoms with Crippen LogP contribution in [0.15, 0.2) is 85.1 Å². The molecule has 150 valence electrons. The van der Waals surface area contributed by atoms with E-state index in [0.717, 1.165) is 24.2 Å². The lowest BCUT2D eigenvalue weighted by Gasteiger charge is -2.27. The molecule has 0 spiro atoms. The summed E-state index contributed by atoms with van der Waals surface area (Å²) in [5.74, 6) is 0. The Kier molecular flexibility index (Phi) is 5.28. The molecule has 0 amide bonds. The molecule has 5 rings (SSSR count). The van der Waals surface area contributed by atoms with E-state index in [-0.39, 0.29) is 0 Å². The van der Waals surface area contributed by atoms with Crippen LogP contribution in [0.5, 0.6) is 0 Å². The highest BCUT2D eigenvalue weighted by Gasteiger charge is 2.26. The van der Waals surface area contributed by atoms with Crippen molar-refractivity contribution in [3.8, 4) is 5.69 Å². The van der Waals surface area contributed by atoms with E-state index in [2.05, 4.69) is 70.3 Å². The number of halogens is 2. The first-order chi connectivity index (χ1) is 14.7. The molecule has 0 fully saturated rings. The molecule has 30 heavy (non-hydrogen) atoms. The van der Waals surface area contributed by atoms with Gasteiger partial charge in [0.05, 0.1) is 21.4 Å². The van der Waals surface area contributed by atoms with Gasteiger partial charge in [-0.05, 0) is 67.6 Å². The van der Waals surface area contributed by atoms with Crippen LogP contribution in [0.4, 0.5) is 17.1 Å². The number of benzene rings is 3. The van der Waals surface area contributed by atoms with E-state index in [9.17, 15) is 0 Å². The van der Waals surface area contributed by atoms with Crippen molar-refractivity contribution >= 4 is 40.3 Å². The number of hydrogen-bond donors (Lipinski definition) is 0. The Bertz CT molecular complexity index is 1170. The summed E-state index contributed by atoms with van der Waals surface area (Å²) in [6, 6.07) is 26.8. The fourth-order valence-corrected chi connectivity index (χ4v) is 4.75. The minimum atomic E-state index is 0.562. The quantitative estimate of drug-likeness (QED) is 0.315. The third-order valence-corrected chi connectivity index (χ3v) is 6.56. The summed E-state index contributed by atoms with van der Waals surface area (Å²) < 4.78 is 2.35. The molecular formula is C26H22Cl2N2. The monoisotopic (exact) mass is 432 g/mol. The van der Waals surface area contributed by atoms with Gasteiger partial charge in [-0.25, -0.2) is 0 Å². The lowest BCUT2D eigenvalue weighted by Crippen LogP contribution is -2.13. The maximum atomic E-state index is 6.71. The zero-order chi connectivity index (χ0) is 20.5. The van der Waals surface area contributed by atoms with Crippen LogP contribution in [0.25, 0.3) is 5.69 Å². The van der Waals surface area contributed by atoms with Crippen LogP contribution in [0.1, 0.15) is 24.1 Å². The number of aromatic nitrogens is 1. The van der Waals surface area contributed by atoms with Crippen molar-refractivity contribution in [2.75, 3.05) is 4.90 Å². The second-order valence-corrected chi connectivity index (χ2v) is 8.38. The molecule has 0 N–H and O–H groups in total. The fraction of sp³-hybridized carbons (Fsp3) is 0.154. The van der Waals surface area contributed by atoms with E-state index in [1.165, 1.54) is 35.5 Å². The van der Waals surface area contributed by atoms with E-state index in [4.69, 9.17) is 23.2 Å². The van der Waals surface area contributed by atoms with Crippen molar-refractivity contribution in [2.45, 2.75) is 25.7 Å². The first kappa shape index (κ1) is 19.3. The highest BCUT2D eigenvalue weighted by molar-refractivity contribution is 6.43. The van der Waals surface area contributed by atoms with Crippen molar-refractivity contribution in [2.24, 2.45) is 0 Å². The summed E-state index contributed by atoms with van der Waals surface area (Å²) in [7, 11) is 0. The Morgan fingerprint density at radius 3 is 2.17 bits per heavy atom. The first-order valence-electron chi connectivity index (χ1n) is 10.3. The average molecular weight is 433 g/mol. The van der Waals surface area contributed by atoms with E-state index in [1.54, 1.807) is 0 Å². The summed E-state index contributed by atoms with van der Waals surface area (Å²) in [5, 5.41) is 1.13. The molecule has 1 heterocycles. The molecule has 0 unspecified atom stereocenters. The fourth-order valence-electron chi connectivity index (χ4n) is 4.37. The van der Waals surface area contributed by atoms with Crippen LogP contribution in [-0.4, -0.2) is 4.57 Å². The van der Waals surface area contributed by atoms with Crippen molar-refractivity contribution in [3.63, 3.8) is 0 Å². The minimum absolute atomic E-state index is 0.562. The summed E-state index contributed by atoms with van der Waals surface area (Å²) in [4.78, 5) is 2.25. The predicted molar refractivity (Wildman–Crippen MR) is 127 cm³/mol. The van der Waals surface area contributed by atoms with Crippen molar-refractivity contribution in [1.82, 2.24) is 4.57 Å². The van der Waals surface area contributed by atoms with Gasteiger partial charge in [-0.15, -0.1) is 0 Å². The van der Waals surface area contributed by atoms with Gasteiger partial charge < -0.3 is 9.47 Å². The van der Waals surface area contributed by atoms with Crippen LogP contribution in [0.3, 0.4) is 0 Å². The lowest BCUT2D eigenvalue weighted by molar-refractivity contribution is 0.663. The van der Waals surface area contributed by atoms with E-state index in [0.29, 0.717) is 10.0 Å². The summed E-state index contributed by atoms with van der Waals surface area (Å²) >= 11 is 13.1. The second kappa shape index (κ2) is 8.22. The van der Waals surface area contributed by atoms with Gasteiger partial charge >= 0.3 is 0 Å². The molecule has 2 nitrogen and oxygen atoms in total. The van der Waals surface area contributed by atoms with Gasteiger partial charge in [-0.3, -0.25) is 0 Å². The average Bonchev–Trinajstić information content (AvgIpc) is 3.18. The molecule has 4 aromatic rings. The number of anilines is 3. The molecule has 0 saturated heterocycles. The normalized spacial score (nSPS) is 13.1. The van der Waals surface area contributed by atoms with Crippen LogP contribution in [-0.2, 0) is 12.8 Å². The van der Waals surface area contributed by atoms with E-state index >= 15 is 0 Å². The predicted octanol–water partition coefficient (Wildman–Crippen LogP) is 8.13. The molecule has 1 aliphatic rings. The summed E-state index contributed by atoms with van der Waals surface area (Å²) in [5.41, 5.74) is 7.11. The van der Waals surface area contributed by atoms with Crippen molar-refractivity contribution < 1.29 is 0 Å². The van der Waals surface area contributed by atoms with Gasteiger partial charge in [-0.2, -0.15) is 0 Å². The highest BCUT2D eigenvalue weighted by Crippen LogP contribution is 2.45. The molecule has 1 aliphatic carbocycles. The zero-order valence-corrected chi connectivity index (χ0v) is 18.1. The number of para-hydroxylation sites is 2. The smallest absolute Gasteiger partial charge is 0.0832 e. The van der Waals surface area contributed by atoms with Gasteiger partial charge in [-0.1, -0.05) is 65.7 Å². The summed E-state index contributed by atoms with van der Waals surface area (Å²) in [6.07, 6.45) is 6.81. The van der Waals surface area contributed by atoms with Crippen molar-refractivity contribution in [1.29, 1.82) is 0 Å². The number of fused-ring (bicyclic) bond motifs is 1. The Labute approximate surface area is 187 Å². The SMILES string of the molecule is Clc1cccc(N(c2ccccc2)c2cn(-c3ccccc3)c3c2CCCC3)c1Cl. The molecule has 0 bridgehead atoms. The first-order valence-corrected chi connectivity index (χ1v) is 11.1. The van der Waals surface area contributed by atoms with Crippen LogP contribution < -0.4 is 4.90 Å². The highest BCUT2D eigenvalue weighted by atomic mass is 35.5. The molecule has 0 saturated carbocycles. The number of rotatable bonds is 4. The lowest BCUT2D eigenvalue weighted by atomic mass is 9.96. The maximum absolute atomic E-state index is 6.71. The van der Waals surface area contributed by atoms with Gasteiger partial charge in [0, 0.05) is 23.3 Å². The third kappa shape index (κ3) is 3.40. The third-order valence-electron chi connectivity index (χ3n) is 5.75. The van der Waals surface area contributed by atoms with Gasteiger partial charge in [0.25, 0.3) is 0 Å². The molecule has 3 aromatic carbocycles. The van der Waals surface area contributed by atoms with Crippen LogP contribution in [0.2, 0.25) is 10.0 Å². The Balaban J connectivity index is 1.76.